The summed E-state index contributed by atoms with van der Waals surface area (Å²) in [5.74, 6) is 0.187. The first kappa shape index (κ1) is 12.4. The summed E-state index contributed by atoms with van der Waals surface area (Å²) in [6, 6.07) is 15.1. The largest absolute Gasteiger partial charge is 0.388 e. The molecule has 0 aromatic heterocycles. The predicted molar refractivity (Wildman–Crippen MR) is 73.4 cm³/mol. The summed E-state index contributed by atoms with van der Waals surface area (Å²) in [6.07, 6.45) is 0.226. The summed E-state index contributed by atoms with van der Waals surface area (Å²) in [5.41, 5.74) is 2.65. The number of aryl methyl sites for hydroxylation is 1. The van der Waals surface area contributed by atoms with E-state index in [1.165, 1.54) is 11.6 Å². The van der Waals surface area contributed by atoms with Crippen LogP contribution in [0.25, 0.3) is 0 Å². The van der Waals surface area contributed by atoms with Crippen LogP contribution in [0.3, 0.4) is 0 Å². The standard InChI is InChI=1S/C17H17FO/c1-11-7-8-16(18)15(9-11)17(19)14-10-13(14)12-5-3-2-4-6-12/h2-9,13-14,17,19H,10H2,1H3. The van der Waals surface area contributed by atoms with Crippen LogP contribution in [0, 0.1) is 18.7 Å². The fourth-order valence-electron chi connectivity index (χ4n) is 2.77. The Morgan fingerprint density at radius 2 is 1.89 bits per heavy atom. The number of aliphatic hydroxyl groups is 1. The van der Waals surface area contributed by atoms with Gasteiger partial charge in [-0.3, -0.25) is 0 Å². The molecule has 2 aromatic carbocycles. The van der Waals surface area contributed by atoms with E-state index in [4.69, 9.17) is 0 Å². The van der Waals surface area contributed by atoms with E-state index >= 15 is 0 Å². The second-order valence-electron chi connectivity index (χ2n) is 5.39. The van der Waals surface area contributed by atoms with E-state index in [-0.39, 0.29) is 11.7 Å². The molecule has 0 radical (unpaired) electrons. The van der Waals surface area contributed by atoms with Crippen LogP contribution in [0.1, 0.15) is 35.1 Å². The zero-order valence-corrected chi connectivity index (χ0v) is 10.9. The molecular weight excluding hydrogens is 239 g/mol. The normalized spacial score (nSPS) is 23.1. The topological polar surface area (TPSA) is 20.2 Å². The Bertz CT molecular complexity index is 579. The van der Waals surface area contributed by atoms with Gasteiger partial charge in [0, 0.05) is 5.56 Å². The molecule has 3 rings (SSSR count). The Morgan fingerprint density at radius 1 is 1.16 bits per heavy atom. The lowest BCUT2D eigenvalue weighted by atomic mass is 9.99. The summed E-state index contributed by atoms with van der Waals surface area (Å²) in [6.45, 7) is 1.91. The molecule has 2 heteroatoms. The predicted octanol–water partition coefficient (Wildman–Crippen LogP) is 3.97. The van der Waals surface area contributed by atoms with Crippen molar-refractivity contribution < 1.29 is 9.50 Å². The van der Waals surface area contributed by atoms with Crippen LogP contribution >= 0.6 is 0 Å². The minimum Gasteiger partial charge on any atom is -0.388 e. The third-order valence-electron chi connectivity index (χ3n) is 3.94. The van der Waals surface area contributed by atoms with Crippen molar-refractivity contribution in [2.24, 2.45) is 5.92 Å². The highest BCUT2D eigenvalue weighted by Gasteiger charge is 2.44. The highest BCUT2D eigenvalue weighted by molar-refractivity contribution is 5.32. The highest BCUT2D eigenvalue weighted by atomic mass is 19.1. The quantitative estimate of drug-likeness (QED) is 0.881. The molecule has 1 nitrogen and oxygen atoms in total. The van der Waals surface area contributed by atoms with Gasteiger partial charge in [0.2, 0.25) is 0 Å². The van der Waals surface area contributed by atoms with Crippen LogP contribution in [-0.4, -0.2) is 5.11 Å². The maximum absolute atomic E-state index is 13.8. The Kier molecular flexibility index (Phi) is 3.11. The van der Waals surface area contributed by atoms with Crippen molar-refractivity contribution in [1.82, 2.24) is 0 Å². The summed E-state index contributed by atoms with van der Waals surface area (Å²) >= 11 is 0. The molecule has 1 aliphatic carbocycles. The van der Waals surface area contributed by atoms with Gasteiger partial charge < -0.3 is 5.11 Å². The van der Waals surface area contributed by atoms with E-state index in [0.29, 0.717) is 11.5 Å². The van der Waals surface area contributed by atoms with E-state index in [1.54, 1.807) is 12.1 Å². The Hall–Kier alpha value is -1.67. The second-order valence-corrected chi connectivity index (χ2v) is 5.39. The maximum Gasteiger partial charge on any atom is 0.129 e. The third kappa shape index (κ3) is 2.41. The Balaban J connectivity index is 1.80. The summed E-state index contributed by atoms with van der Waals surface area (Å²) < 4.78 is 13.8. The summed E-state index contributed by atoms with van der Waals surface area (Å²) in [4.78, 5) is 0. The van der Waals surface area contributed by atoms with Crippen molar-refractivity contribution in [2.75, 3.05) is 0 Å². The lowest BCUT2D eigenvalue weighted by molar-refractivity contribution is 0.146. The van der Waals surface area contributed by atoms with Gasteiger partial charge >= 0.3 is 0 Å². The molecule has 0 bridgehead atoms. The first-order valence-corrected chi connectivity index (χ1v) is 6.66. The van der Waals surface area contributed by atoms with Crippen LogP contribution in [-0.2, 0) is 0 Å². The first-order chi connectivity index (χ1) is 9.16. The van der Waals surface area contributed by atoms with E-state index < -0.39 is 6.10 Å². The zero-order chi connectivity index (χ0) is 13.4. The fraction of sp³-hybridized carbons (Fsp3) is 0.294. The number of halogens is 1. The minimum absolute atomic E-state index is 0.138. The molecule has 1 N–H and O–H groups in total. The molecular formula is C17H17FO. The van der Waals surface area contributed by atoms with Crippen LogP contribution in [0.2, 0.25) is 0 Å². The van der Waals surface area contributed by atoms with Crippen LogP contribution < -0.4 is 0 Å². The monoisotopic (exact) mass is 256 g/mol. The van der Waals surface area contributed by atoms with Crippen molar-refractivity contribution in [1.29, 1.82) is 0 Å². The summed E-state index contributed by atoms with van der Waals surface area (Å²) in [5, 5.41) is 10.4. The highest BCUT2D eigenvalue weighted by Crippen LogP contribution is 2.54. The van der Waals surface area contributed by atoms with Gasteiger partial charge in [0.05, 0.1) is 6.10 Å². The number of benzene rings is 2. The van der Waals surface area contributed by atoms with Gasteiger partial charge in [0.1, 0.15) is 5.82 Å². The van der Waals surface area contributed by atoms with Crippen molar-refractivity contribution in [2.45, 2.75) is 25.4 Å². The molecule has 3 unspecified atom stereocenters. The molecule has 1 fully saturated rings. The van der Waals surface area contributed by atoms with E-state index in [2.05, 4.69) is 12.1 Å². The molecule has 19 heavy (non-hydrogen) atoms. The minimum atomic E-state index is -0.704. The molecule has 0 heterocycles. The molecule has 0 aliphatic heterocycles. The second kappa shape index (κ2) is 4.78. The molecule has 98 valence electrons. The van der Waals surface area contributed by atoms with Crippen LogP contribution in [0.5, 0.6) is 0 Å². The summed E-state index contributed by atoms with van der Waals surface area (Å²) in [7, 11) is 0. The third-order valence-corrected chi connectivity index (χ3v) is 3.94. The molecule has 3 atom stereocenters. The lowest BCUT2D eigenvalue weighted by Crippen LogP contribution is -2.04. The number of aliphatic hydroxyl groups excluding tert-OH is 1. The Morgan fingerprint density at radius 3 is 2.63 bits per heavy atom. The molecule has 2 aromatic rings. The first-order valence-electron chi connectivity index (χ1n) is 6.66. The van der Waals surface area contributed by atoms with Crippen molar-refractivity contribution >= 4 is 0 Å². The average molecular weight is 256 g/mol. The van der Waals surface area contributed by atoms with Gasteiger partial charge in [-0.1, -0.05) is 48.0 Å². The molecule has 1 saturated carbocycles. The average Bonchev–Trinajstić information content (AvgIpc) is 3.22. The lowest BCUT2D eigenvalue weighted by Gasteiger charge is -2.12. The Labute approximate surface area is 112 Å². The van der Waals surface area contributed by atoms with Gasteiger partial charge in [-0.05, 0) is 36.8 Å². The molecule has 1 aliphatic rings. The van der Waals surface area contributed by atoms with Crippen molar-refractivity contribution in [3.05, 3.63) is 71.0 Å². The number of hydrogen-bond acceptors (Lipinski definition) is 1. The SMILES string of the molecule is Cc1ccc(F)c(C(O)C2CC2c2ccccc2)c1. The molecule has 0 spiro atoms. The van der Waals surface area contributed by atoms with Crippen molar-refractivity contribution in [3.8, 4) is 0 Å². The van der Waals surface area contributed by atoms with Gasteiger partial charge in [-0.2, -0.15) is 0 Å². The fourth-order valence-corrected chi connectivity index (χ4v) is 2.77. The van der Waals surface area contributed by atoms with Gasteiger partial charge in [0.15, 0.2) is 0 Å². The van der Waals surface area contributed by atoms with Gasteiger partial charge in [-0.25, -0.2) is 4.39 Å². The number of hydrogen-bond donors (Lipinski definition) is 1. The van der Waals surface area contributed by atoms with Gasteiger partial charge in [0.25, 0.3) is 0 Å². The maximum atomic E-state index is 13.8. The van der Waals surface area contributed by atoms with Gasteiger partial charge in [-0.15, -0.1) is 0 Å². The van der Waals surface area contributed by atoms with E-state index in [0.717, 1.165) is 12.0 Å². The smallest absolute Gasteiger partial charge is 0.129 e. The van der Waals surface area contributed by atoms with E-state index in [9.17, 15) is 9.50 Å². The van der Waals surface area contributed by atoms with Crippen LogP contribution in [0.4, 0.5) is 4.39 Å². The van der Waals surface area contributed by atoms with Crippen molar-refractivity contribution in [3.63, 3.8) is 0 Å². The zero-order valence-electron chi connectivity index (χ0n) is 10.9. The van der Waals surface area contributed by atoms with E-state index in [1.807, 2.05) is 25.1 Å². The van der Waals surface area contributed by atoms with Crippen LogP contribution in [0.15, 0.2) is 48.5 Å². The molecule has 0 saturated heterocycles. The molecule has 0 amide bonds. The number of rotatable bonds is 3.